The van der Waals surface area contributed by atoms with E-state index in [1.807, 2.05) is 0 Å². The first kappa shape index (κ1) is 10.3. The fraction of sp³-hybridized carbons (Fsp3) is 1.00. The minimum absolute atomic E-state index is 0.207. The molecule has 0 bridgehead atoms. The van der Waals surface area contributed by atoms with Crippen LogP contribution >= 0.6 is 10.7 Å². The molecule has 1 saturated carbocycles. The number of hydrogen-bond donors (Lipinski definition) is 0. The van der Waals surface area contributed by atoms with Gasteiger partial charge in [0, 0.05) is 17.8 Å². The van der Waals surface area contributed by atoms with Crippen molar-refractivity contribution in [3.8, 4) is 0 Å². The molecule has 5 heteroatoms. The van der Waals surface area contributed by atoms with Gasteiger partial charge in [-0.25, -0.2) is 8.42 Å². The SMILES string of the molecule is CO[C@H]1CCCC[C@H]1S(=O)(=O)Cl. The van der Waals surface area contributed by atoms with Crippen LogP contribution in [0.1, 0.15) is 25.7 Å². The molecule has 1 rings (SSSR count). The Morgan fingerprint density at radius 2 is 1.92 bits per heavy atom. The number of ether oxygens (including phenoxy) is 1. The Morgan fingerprint density at radius 3 is 2.33 bits per heavy atom. The van der Waals surface area contributed by atoms with Crippen molar-refractivity contribution in [2.75, 3.05) is 7.11 Å². The number of rotatable bonds is 2. The van der Waals surface area contributed by atoms with Gasteiger partial charge in [0.1, 0.15) is 5.25 Å². The van der Waals surface area contributed by atoms with Gasteiger partial charge in [0.15, 0.2) is 0 Å². The molecule has 0 amide bonds. The molecule has 0 saturated heterocycles. The minimum atomic E-state index is -3.44. The third kappa shape index (κ3) is 2.34. The Kier molecular flexibility index (Phi) is 3.37. The molecule has 0 radical (unpaired) electrons. The lowest BCUT2D eigenvalue weighted by molar-refractivity contribution is 0.0743. The Hall–Kier alpha value is 0.200. The van der Waals surface area contributed by atoms with Gasteiger partial charge in [0.05, 0.1) is 6.10 Å². The van der Waals surface area contributed by atoms with E-state index in [-0.39, 0.29) is 6.10 Å². The summed E-state index contributed by atoms with van der Waals surface area (Å²) in [5.41, 5.74) is 0. The zero-order chi connectivity index (χ0) is 9.19. The van der Waals surface area contributed by atoms with Gasteiger partial charge in [0.2, 0.25) is 9.05 Å². The van der Waals surface area contributed by atoms with Crippen LogP contribution in [0.15, 0.2) is 0 Å². The quantitative estimate of drug-likeness (QED) is 0.652. The third-order valence-corrected chi connectivity index (χ3v) is 4.26. The summed E-state index contributed by atoms with van der Waals surface area (Å²) in [6, 6.07) is 0. The van der Waals surface area contributed by atoms with Gasteiger partial charge in [-0.3, -0.25) is 0 Å². The lowest BCUT2D eigenvalue weighted by atomic mass is 9.97. The van der Waals surface area contributed by atoms with E-state index in [1.54, 1.807) is 0 Å². The molecule has 1 aliphatic rings. The predicted octanol–water partition coefficient (Wildman–Crippen LogP) is 1.51. The maximum atomic E-state index is 11.0. The van der Waals surface area contributed by atoms with E-state index in [0.717, 1.165) is 19.3 Å². The van der Waals surface area contributed by atoms with E-state index in [2.05, 4.69) is 0 Å². The minimum Gasteiger partial charge on any atom is -0.380 e. The van der Waals surface area contributed by atoms with Gasteiger partial charge in [0.25, 0.3) is 0 Å². The van der Waals surface area contributed by atoms with Crippen molar-refractivity contribution in [2.45, 2.75) is 37.0 Å². The zero-order valence-electron chi connectivity index (χ0n) is 6.99. The molecule has 0 heterocycles. The van der Waals surface area contributed by atoms with Crippen LogP contribution in [0.3, 0.4) is 0 Å². The summed E-state index contributed by atoms with van der Waals surface area (Å²) in [4.78, 5) is 0. The van der Waals surface area contributed by atoms with E-state index in [4.69, 9.17) is 15.4 Å². The Morgan fingerprint density at radius 1 is 1.33 bits per heavy atom. The van der Waals surface area contributed by atoms with Crippen LogP contribution in [-0.2, 0) is 13.8 Å². The average molecular weight is 213 g/mol. The Labute approximate surface area is 77.5 Å². The molecule has 0 aliphatic heterocycles. The molecule has 0 aromatic rings. The molecular formula is C7H13ClO3S. The van der Waals surface area contributed by atoms with E-state index >= 15 is 0 Å². The second-order valence-electron chi connectivity index (χ2n) is 3.07. The van der Waals surface area contributed by atoms with Gasteiger partial charge in [-0.05, 0) is 12.8 Å². The maximum absolute atomic E-state index is 11.0. The van der Waals surface area contributed by atoms with Crippen molar-refractivity contribution in [3.63, 3.8) is 0 Å². The summed E-state index contributed by atoms with van der Waals surface area (Å²) in [7, 11) is 3.37. The Bertz CT molecular complexity index is 237. The molecule has 0 N–H and O–H groups in total. The van der Waals surface area contributed by atoms with E-state index in [1.165, 1.54) is 7.11 Å². The van der Waals surface area contributed by atoms with Crippen molar-refractivity contribution in [3.05, 3.63) is 0 Å². The smallest absolute Gasteiger partial charge is 0.238 e. The van der Waals surface area contributed by atoms with E-state index in [0.29, 0.717) is 6.42 Å². The normalized spacial score (nSPS) is 31.8. The maximum Gasteiger partial charge on any atom is 0.238 e. The van der Waals surface area contributed by atoms with Crippen LogP contribution in [0, 0.1) is 0 Å². The van der Waals surface area contributed by atoms with E-state index < -0.39 is 14.3 Å². The first-order valence-electron chi connectivity index (χ1n) is 4.02. The van der Waals surface area contributed by atoms with Crippen LogP contribution in [0.4, 0.5) is 0 Å². The topological polar surface area (TPSA) is 43.4 Å². The highest BCUT2D eigenvalue weighted by molar-refractivity contribution is 8.14. The second kappa shape index (κ2) is 3.94. The number of methoxy groups -OCH3 is 1. The summed E-state index contributed by atoms with van der Waals surface area (Å²) >= 11 is 0. The molecule has 0 aromatic heterocycles. The molecular weight excluding hydrogens is 200 g/mol. The summed E-state index contributed by atoms with van der Waals surface area (Å²) in [6.07, 6.45) is 3.18. The Balaban J connectivity index is 2.72. The summed E-state index contributed by atoms with van der Waals surface area (Å²) in [5, 5.41) is -0.502. The average Bonchev–Trinajstić information content (AvgIpc) is 2.03. The highest BCUT2D eigenvalue weighted by Crippen LogP contribution is 2.28. The van der Waals surface area contributed by atoms with Crippen LogP contribution in [0.5, 0.6) is 0 Å². The molecule has 1 fully saturated rings. The molecule has 1 aliphatic carbocycles. The van der Waals surface area contributed by atoms with Crippen LogP contribution in [-0.4, -0.2) is 26.9 Å². The second-order valence-corrected chi connectivity index (χ2v) is 5.92. The molecule has 0 unspecified atom stereocenters. The van der Waals surface area contributed by atoms with Gasteiger partial charge in [-0.1, -0.05) is 12.8 Å². The number of halogens is 1. The summed E-state index contributed by atoms with van der Waals surface area (Å²) < 4.78 is 27.1. The monoisotopic (exact) mass is 212 g/mol. The summed E-state index contributed by atoms with van der Waals surface area (Å²) in [6.45, 7) is 0. The van der Waals surface area contributed by atoms with Gasteiger partial charge < -0.3 is 4.74 Å². The fourth-order valence-corrected chi connectivity index (χ4v) is 3.32. The molecule has 12 heavy (non-hydrogen) atoms. The van der Waals surface area contributed by atoms with Crippen LogP contribution < -0.4 is 0 Å². The highest BCUT2D eigenvalue weighted by atomic mass is 35.7. The van der Waals surface area contributed by atoms with Crippen molar-refractivity contribution in [2.24, 2.45) is 0 Å². The first-order chi connectivity index (χ1) is 5.55. The standard InChI is InChI=1S/C7H13ClO3S/c1-11-6-4-2-3-5-7(6)12(8,9)10/h6-7H,2-5H2,1H3/t6-,7+/m0/s1. The van der Waals surface area contributed by atoms with Crippen LogP contribution in [0.25, 0.3) is 0 Å². The lowest BCUT2D eigenvalue weighted by Gasteiger charge is -2.27. The van der Waals surface area contributed by atoms with Gasteiger partial charge >= 0.3 is 0 Å². The van der Waals surface area contributed by atoms with Crippen molar-refractivity contribution in [1.29, 1.82) is 0 Å². The highest BCUT2D eigenvalue weighted by Gasteiger charge is 2.34. The molecule has 0 spiro atoms. The van der Waals surface area contributed by atoms with Crippen molar-refractivity contribution in [1.82, 2.24) is 0 Å². The van der Waals surface area contributed by atoms with Gasteiger partial charge in [-0.2, -0.15) is 0 Å². The lowest BCUT2D eigenvalue weighted by Crippen LogP contribution is -2.35. The van der Waals surface area contributed by atoms with Crippen LogP contribution in [0.2, 0.25) is 0 Å². The fourth-order valence-electron chi connectivity index (χ4n) is 1.65. The third-order valence-electron chi connectivity index (χ3n) is 2.31. The van der Waals surface area contributed by atoms with Crippen molar-refractivity contribution < 1.29 is 13.2 Å². The molecule has 2 atom stereocenters. The van der Waals surface area contributed by atoms with Gasteiger partial charge in [-0.15, -0.1) is 0 Å². The largest absolute Gasteiger partial charge is 0.380 e. The summed E-state index contributed by atoms with van der Waals surface area (Å²) in [5.74, 6) is 0. The zero-order valence-corrected chi connectivity index (χ0v) is 8.57. The van der Waals surface area contributed by atoms with E-state index in [9.17, 15) is 8.42 Å². The first-order valence-corrected chi connectivity index (χ1v) is 6.39. The molecule has 0 aromatic carbocycles. The number of hydrogen-bond acceptors (Lipinski definition) is 3. The molecule has 72 valence electrons. The predicted molar refractivity (Wildman–Crippen MR) is 47.8 cm³/mol. The van der Waals surface area contributed by atoms with Crippen molar-refractivity contribution >= 4 is 19.7 Å². The molecule has 3 nitrogen and oxygen atoms in total.